The van der Waals surface area contributed by atoms with E-state index in [9.17, 15) is 9.59 Å². The Kier molecular flexibility index (Phi) is 13.8. The van der Waals surface area contributed by atoms with Crippen LogP contribution in [-0.4, -0.2) is 31.8 Å². The number of amides is 1. The van der Waals surface area contributed by atoms with E-state index in [2.05, 4.69) is 18.8 Å². The van der Waals surface area contributed by atoms with E-state index >= 15 is 0 Å². The molecule has 5 nitrogen and oxygen atoms in total. The number of hydrogen-bond acceptors (Lipinski definition) is 4. The Morgan fingerprint density at radius 3 is 2.38 bits per heavy atom. The molecule has 0 aromatic heterocycles. The van der Waals surface area contributed by atoms with Crippen LogP contribution in [0.3, 0.4) is 0 Å². The summed E-state index contributed by atoms with van der Waals surface area (Å²) in [7, 11) is 0. The molecule has 0 aromatic carbocycles. The molecule has 0 aliphatic rings. The molecule has 0 atom stereocenters. The summed E-state index contributed by atoms with van der Waals surface area (Å²) >= 11 is 0. The van der Waals surface area contributed by atoms with Gasteiger partial charge >= 0.3 is 12.1 Å². The minimum absolute atomic E-state index is 0.161. The molecule has 0 bridgehead atoms. The van der Waals surface area contributed by atoms with Gasteiger partial charge in [-0.25, -0.2) is 4.79 Å². The summed E-state index contributed by atoms with van der Waals surface area (Å²) in [6, 6.07) is 0. The minimum atomic E-state index is -0.547. The molecule has 0 radical (unpaired) electrons. The first-order chi connectivity index (χ1) is 10.2. The van der Waals surface area contributed by atoms with Crippen LogP contribution in [0.15, 0.2) is 12.7 Å². The standard InChI is InChI=1S/C16H29NO4/c1-3-5-6-7-8-9-10-14-20-15(18)11-12-17-16(19)21-13-4-2/h4H,2-3,5-14H2,1H3,(H,17,19). The second-order valence-corrected chi connectivity index (χ2v) is 4.91. The highest BCUT2D eigenvalue weighted by molar-refractivity contribution is 5.71. The fourth-order valence-electron chi connectivity index (χ4n) is 1.77. The molecule has 0 saturated carbocycles. The van der Waals surface area contributed by atoms with Crippen LogP contribution in [0.25, 0.3) is 0 Å². The van der Waals surface area contributed by atoms with Crippen molar-refractivity contribution >= 4 is 12.1 Å². The monoisotopic (exact) mass is 299 g/mol. The van der Waals surface area contributed by atoms with Crippen LogP contribution in [0, 0.1) is 0 Å². The summed E-state index contributed by atoms with van der Waals surface area (Å²) < 4.78 is 9.79. The maximum Gasteiger partial charge on any atom is 0.407 e. The topological polar surface area (TPSA) is 64.6 Å². The third kappa shape index (κ3) is 14.7. The highest BCUT2D eigenvalue weighted by Crippen LogP contribution is 2.06. The van der Waals surface area contributed by atoms with Crippen LogP contribution in [0.1, 0.15) is 58.3 Å². The van der Waals surface area contributed by atoms with E-state index in [1.54, 1.807) is 0 Å². The molecule has 0 spiro atoms. The molecule has 1 N–H and O–H groups in total. The molecule has 1 amide bonds. The lowest BCUT2D eigenvalue weighted by molar-refractivity contribution is -0.143. The SMILES string of the molecule is C=CCOC(=O)NCCC(=O)OCCCCCCCCC. The van der Waals surface area contributed by atoms with Gasteiger partial charge in [0.15, 0.2) is 0 Å². The first-order valence-corrected chi connectivity index (χ1v) is 7.87. The van der Waals surface area contributed by atoms with Crippen molar-refractivity contribution < 1.29 is 19.1 Å². The van der Waals surface area contributed by atoms with Crippen LogP contribution < -0.4 is 5.32 Å². The smallest absolute Gasteiger partial charge is 0.407 e. The zero-order chi connectivity index (χ0) is 15.8. The van der Waals surface area contributed by atoms with Gasteiger partial charge in [0.2, 0.25) is 0 Å². The molecule has 0 unspecified atom stereocenters. The summed E-state index contributed by atoms with van der Waals surface area (Å²) in [6.45, 7) is 6.49. The molecule has 0 rings (SSSR count). The fourth-order valence-corrected chi connectivity index (χ4v) is 1.77. The largest absolute Gasteiger partial charge is 0.466 e. The van der Waals surface area contributed by atoms with Gasteiger partial charge in [0.25, 0.3) is 0 Å². The van der Waals surface area contributed by atoms with E-state index < -0.39 is 6.09 Å². The zero-order valence-electron chi connectivity index (χ0n) is 13.2. The molecule has 5 heteroatoms. The van der Waals surface area contributed by atoms with Crippen molar-refractivity contribution in [2.75, 3.05) is 19.8 Å². The van der Waals surface area contributed by atoms with Crippen LogP contribution in [-0.2, 0) is 14.3 Å². The number of ether oxygens (including phenoxy) is 2. The first-order valence-electron chi connectivity index (χ1n) is 7.87. The van der Waals surface area contributed by atoms with Gasteiger partial charge in [0.1, 0.15) is 6.61 Å². The van der Waals surface area contributed by atoms with Gasteiger partial charge in [-0.3, -0.25) is 4.79 Å². The highest BCUT2D eigenvalue weighted by Gasteiger charge is 2.05. The minimum Gasteiger partial charge on any atom is -0.466 e. The molecular weight excluding hydrogens is 270 g/mol. The van der Waals surface area contributed by atoms with E-state index in [1.807, 2.05) is 0 Å². The Balaban J connectivity index is 3.30. The van der Waals surface area contributed by atoms with Crippen LogP contribution >= 0.6 is 0 Å². The van der Waals surface area contributed by atoms with Crippen molar-refractivity contribution in [3.05, 3.63) is 12.7 Å². The van der Waals surface area contributed by atoms with Crippen LogP contribution in [0.4, 0.5) is 4.79 Å². The molecule has 0 aromatic rings. The van der Waals surface area contributed by atoms with E-state index in [0.717, 1.165) is 12.8 Å². The van der Waals surface area contributed by atoms with E-state index in [4.69, 9.17) is 9.47 Å². The van der Waals surface area contributed by atoms with E-state index in [1.165, 1.54) is 38.2 Å². The lowest BCUT2D eigenvalue weighted by Crippen LogP contribution is -2.27. The van der Waals surface area contributed by atoms with Crippen LogP contribution in [0.2, 0.25) is 0 Å². The molecule has 0 fully saturated rings. The number of rotatable bonds is 13. The lowest BCUT2D eigenvalue weighted by atomic mass is 10.1. The van der Waals surface area contributed by atoms with Gasteiger partial charge < -0.3 is 14.8 Å². The molecule has 122 valence electrons. The summed E-state index contributed by atoms with van der Waals surface area (Å²) in [6.07, 6.45) is 9.43. The third-order valence-electron chi connectivity index (χ3n) is 2.94. The first kappa shape index (κ1) is 19.5. The van der Waals surface area contributed by atoms with Crippen LogP contribution in [0.5, 0.6) is 0 Å². The number of nitrogens with one attached hydrogen (secondary N) is 1. The van der Waals surface area contributed by atoms with Crippen molar-refractivity contribution in [3.63, 3.8) is 0 Å². The number of alkyl carbamates (subject to hydrolysis) is 1. The van der Waals surface area contributed by atoms with E-state index in [0.29, 0.717) is 6.61 Å². The molecule has 0 heterocycles. The van der Waals surface area contributed by atoms with Gasteiger partial charge in [-0.2, -0.15) is 0 Å². The van der Waals surface area contributed by atoms with Gasteiger partial charge in [0.05, 0.1) is 13.0 Å². The molecule has 0 aliphatic carbocycles. The van der Waals surface area contributed by atoms with Crippen molar-refractivity contribution in [2.45, 2.75) is 58.3 Å². The summed E-state index contributed by atoms with van der Waals surface area (Å²) in [5, 5.41) is 2.47. The zero-order valence-corrected chi connectivity index (χ0v) is 13.2. The Morgan fingerprint density at radius 1 is 1.05 bits per heavy atom. The Labute approximate surface area is 128 Å². The average Bonchev–Trinajstić information content (AvgIpc) is 2.48. The van der Waals surface area contributed by atoms with Crippen molar-refractivity contribution in [1.82, 2.24) is 5.32 Å². The summed E-state index contributed by atoms with van der Waals surface area (Å²) in [5.74, 6) is -0.287. The molecule has 21 heavy (non-hydrogen) atoms. The van der Waals surface area contributed by atoms with Crippen molar-refractivity contribution in [1.29, 1.82) is 0 Å². The lowest BCUT2D eigenvalue weighted by Gasteiger charge is -2.06. The highest BCUT2D eigenvalue weighted by atomic mass is 16.5. The Morgan fingerprint density at radius 2 is 1.71 bits per heavy atom. The summed E-state index contributed by atoms with van der Waals surface area (Å²) in [4.78, 5) is 22.4. The maximum absolute atomic E-state index is 11.4. The quantitative estimate of drug-likeness (QED) is 0.321. The second kappa shape index (κ2) is 14.9. The van der Waals surface area contributed by atoms with Crippen molar-refractivity contribution in [2.24, 2.45) is 0 Å². The summed E-state index contributed by atoms with van der Waals surface area (Å²) in [5.41, 5.74) is 0. The van der Waals surface area contributed by atoms with Crippen molar-refractivity contribution in [3.8, 4) is 0 Å². The molecular formula is C16H29NO4. The van der Waals surface area contributed by atoms with E-state index in [-0.39, 0.29) is 25.5 Å². The number of carbonyl (C=O) groups is 2. The Hall–Kier alpha value is -1.52. The van der Waals surface area contributed by atoms with Gasteiger partial charge in [-0.05, 0) is 6.42 Å². The predicted molar refractivity (Wildman–Crippen MR) is 83.1 cm³/mol. The van der Waals surface area contributed by atoms with Gasteiger partial charge in [-0.1, -0.05) is 58.1 Å². The fraction of sp³-hybridized carbons (Fsp3) is 0.750. The maximum atomic E-state index is 11.4. The number of unbranched alkanes of at least 4 members (excludes halogenated alkanes) is 6. The third-order valence-corrected chi connectivity index (χ3v) is 2.94. The second-order valence-electron chi connectivity index (χ2n) is 4.91. The van der Waals surface area contributed by atoms with Gasteiger partial charge in [0, 0.05) is 6.54 Å². The Bertz CT molecular complexity index is 292. The average molecular weight is 299 g/mol. The number of hydrogen-bond donors (Lipinski definition) is 1. The predicted octanol–water partition coefficient (Wildman–Crippen LogP) is 3.58. The molecule has 0 saturated heterocycles. The normalized spacial score (nSPS) is 9.95. The van der Waals surface area contributed by atoms with Gasteiger partial charge in [-0.15, -0.1) is 0 Å². The number of carbonyl (C=O) groups excluding carboxylic acids is 2. The molecule has 0 aliphatic heterocycles. The number of esters is 1.